The van der Waals surface area contributed by atoms with Gasteiger partial charge in [0, 0.05) is 57.5 Å². The van der Waals surface area contributed by atoms with E-state index < -0.39 is 23.8 Å². The van der Waals surface area contributed by atoms with Gasteiger partial charge in [0.2, 0.25) is 5.91 Å². The van der Waals surface area contributed by atoms with E-state index in [9.17, 15) is 23.1 Å². The Morgan fingerprint density at radius 1 is 1.13 bits per heavy atom. The number of nitrogens with one attached hydrogen (secondary N) is 1. The molecule has 0 bridgehead atoms. The first-order valence-electron chi connectivity index (χ1n) is 13.3. The zero-order chi connectivity index (χ0) is 26.9. The largest absolute Gasteiger partial charge is 0.416 e. The van der Waals surface area contributed by atoms with Crippen LogP contribution in [0, 0.1) is 0 Å². The highest BCUT2D eigenvalue weighted by molar-refractivity contribution is 5.84. The molecule has 0 radical (unpaired) electrons. The van der Waals surface area contributed by atoms with Gasteiger partial charge >= 0.3 is 6.18 Å². The first-order valence-corrected chi connectivity index (χ1v) is 13.3. The van der Waals surface area contributed by atoms with Gasteiger partial charge in [-0.05, 0) is 42.9 Å². The van der Waals surface area contributed by atoms with E-state index in [0.717, 1.165) is 36.4 Å². The molecule has 5 rings (SSSR count). The van der Waals surface area contributed by atoms with Crippen molar-refractivity contribution in [3.05, 3.63) is 53.0 Å². The van der Waals surface area contributed by atoms with Crippen LogP contribution in [0.25, 0.3) is 0 Å². The molecular weight excluding hydrogens is 499 g/mol. The lowest BCUT2D eigenvalue weighted by atomic mass is 9.95. The van der Waals surface area contributed by atoms with Crippen LogP contribution in [0.15, 0.2) is 30.6 Å². The second kappa shape index (κ2) is 11.2. The molecule has 2 fully saturated rings. The lowest BCUT2D eigenvalue weighted by molar-refractivity contribution is -0.137. The van der Waals surface area contributed by atoms with E-state index in [2.05, 4.69) is 27.1 Å². The van der Waals surface area contributed by atoms with Crippen molar-refractivity contribution in [3.63, 3.8) is 0 Å². The maximum absolute atomic E-state index is 13.7. The topological polar surface area (TPSA) is 90.8 Å². The number of carbonyl (C=O) groups is 1. The number of aromatic nitrogens is 2. The third-order valence-electron chi connectivity index (χ3n) is 7.94. The Labute approximate surface area is 220 Å². The molecule has 0 saturated carbocycles. The Morgan fingerprint density at radius 2 is 1.82 bits per heavy atom. The van der Waals surface area contributed by atoms with Crippen LogP contribution in [0.4, 0.5) is 19.0 Å². The van der Waals surface area contributed by atoms with Crippen molar-refractivity contribution < 1.29 is 27.8 Å². The average Bonchev–Trinajstić information content (AvgIpc) is 3.22. The monoisotopic (exact) mass is 533 g/mol. The van der Waals surface area contributed by atoms with Crippen LogP contribution >= 0.6 is 0 Å². The number of ether oxygens (including phenoxy) is 1. The lowest BCUT2D eigenvalue weighted by Gasteiger charge is -2.38. The molecule has 3 heterocycles. The van der Waals surface area contributed by atoms with Crippen LogP contribution in [0.3, 0.4) is 0 Å². The number of piperazine rings is 1. The summed E-state index contributed by atoms with van der Waals surface area (Å²) in [6.07, 6.45) is -1.24. The van der Waals surface area contributed by atoms with E-state index in [1.54, 1.807) is 4.90 Å². The van der Waals surface area contributed by atoms with Crippen LogP contribution in [0.1, 0.15) is 66.5 Å². The number of halogens is 3. The Hall–Kier alpha value is -2.76. The Kier molecular flexibility index (Phi) is 7.88. The normalized spacial score (nSPS) is 23.4. The smallest absolute Gasteiger partial charge is 0.387 e. The van der Waals surface area contributed by atoms with Gasteiger partial charge in [-0.15, -0.1) is 0 Å². The number of rotatable bonds is 6. The van der Waals surface area contributed by atoms with Crippen LogP contribution in [0.5, 0.6) is 0 Å². The van der Waals surface area contributed by atoms with Gasteiger partial charge in [-0.3, -0.25) is 4.79 Å². The van der Waals surface area contributed by atoms with Gasteiger partial charge in [0.15, 0.2) is 0 Å². The van der Waals surface area contributed by atoms with E-state index in [1.807, 2.05) is 0 Å². The second-order valence-electron chi connectivity index (χ2n) is 10.4. The van der Waals surface area contributed by atoms with Crippen molar-refractivity contribution in [2.24, 2.45) is 0 Å². The molecule has 0 spiro atoms. The predicted octanol–water partition coefficient (Wildman–Crippen LogP) is 3.24. The molecule has 38 heavy (non-hydrogen) atoms. The van der Waals surface area contributed by atoms with Crippen LogP contribution in [0.2, 0.25) is 0 Å². The van der Waals surface area contributed by atoms with Crippen LogP contribution in [-0.2, 0) is 15.7 Å². The van der Waals surface area contributed by atoms with Gasteiger partial charge < -0.3 is 25.0 Å². The number of aliphatic hydroxyl groups excluding tert-OH is 1. The minimum Gasteiger partial charge on any atom is -0.387 e. The number of hydrogen-bond acceptors (Lipinski definition) is 7. The highest BCUT2D eigenvalue weighted by Crippen LogP contribution is 2.42. The Balaban J connectivity index is 1.29. The quantitative estimate of drug-likeness (QED) is 0.589. The van der Waals surface area contributed by atoms with Gasteiger partial charge in [-0.1, -0.05) is 19.1 Å². The number of fused-ring (bicyclic) bond motifs is 1. The van der Waals surface area contributed by atoms with Gasteiger partial charge in [0.1, 0.15) is 12.1 Å². The number of alkyl halides is 3. The third-order valence-corrected chi connectivity index (χ3v) is 7.94. The predicted molar refractivity (Wildman–Crippen MR) is 135 cm³/mol. The minimum absolute atomic E-state index is 0.0966. The fraction of sp³-hybridized carbons (Fsp3) is 0.593. The van der Waals surface area contributed by atoms with Crippen molar-refractivity contribution in [1.82, 2.24) is 20.2 Å². The summed E-state index contributed by atoms with van der Waals surface area (Å²) in [5, 5.41) is 13.8. The highest BCUT2D eigenvalue weighted by Gasteiger charge is 2.36. The number of hydrogen-bond donors (Lipinski definition) is 2. The van der Waals surface area contributed by atoms with Gasteiger partial charge in [0.25, 0.3) is 0 Å². The molecule has 2 N–H and O–H groups in total. The standard InChI is InChI=1S/C27H34F3N5O3/c1-17-14-22(36)24-23(17)25(33-16-32-24)34-8-10-35(11-9-34)26(37)21(15-31-20-6-12-38-13-7-20)18-2-4-19(5-3-18)27(28,29)30/h2-5,16-17,20-22,31,36H,6-15H2,1H3/t17?,21-,22?/m1/s1. The molecule has 1 aliphatic carbocycles. The van der Waals surface area contributed by atoms with Crippen LogP contribution in [-0.4, -0.2) is 77.9 Å². The maximum atomic E-state index is 13.7. The summed E-state index contributed by atoms with van der Waals surface area (Å²) >= 11 is 0. The summed E-state index contributed by atoms with van der Waals surface area (Å²) in [5.41, 5.74) is 1.50. The van der Waals surface area contributed by atoms with E-state index in [0.29, 0.717) is 63.6 Å². The summed E-state index contributed by atoms with van der Waals surface area (Å²) in [6.45, 7) is 5.82. The number of carbonyl (C=O) groups excluding carboxylic acids is 1. The van der Waals surface area contributed by atoms with E-state index >= 15 is 0 Å². The number of aliphatic hydroxyl groups is 1. The van der Waals surface area contributed by atoms with E-state index in [4.69, 9.17) is 4.74 Å². The zero-order valence-corrected chi connectivity index (χ0v) is 21.5. The molecule has 3 aliphatic rings. The molecule has 206 valence electrons. The summed E-state index contributed by atoms with van der Waals surface area (Å²) in [4.78, 5) is 26.5. The summed E-state index contributed by atoms with van der Waals surface area (Å²) in [5.74, 6) is 0.272. The molecule has 1 amide bonds. The molecule has 3 atom stereocenters. The number of nitrogens with zero attached hydrogens (tertiary/aromatic N) is 4. The number of benzene rings is 1. The summed E-state index contributed by atoms with van der Waals surface area (Å²) < 4.78 is 44.8. The molecule has 2 aliphatic heterocycles. The molecule has 1 aromatic heterocycles. The second-order valence-corrected chi connectivity index (χ2v) is 10.4. The first-order chi connectivity index (χ1) is 18.2. The SMILES string of the molecule is CC1CC(O)c2ncnc(N3CCN(C(=O)[C@H](CNC4CCOCC4)c4ccc(C(F)(F)F)cc4)CC3)c21. The Morgan fingerprint density at radius 3 is 2.47 bits per heavy atom. The maximum Gasteiger partial charge on any atom is 0.416 e. The van der Waals surface area contributed by atoms with Crippen molar-refractivity contribution in [1.29, 1.82) is 0 Å². The number of anilines is 1. The van der Waals surface area contributed by atoms with Gasteiger partial charge in [-0.2, -0.15) is 13.2 Å². The molecule has 2 saturated heterocycles. The van der Waals surface area contributed by atoms with E-state index in [-0.39, 0.29) is 17.9 Å². The summed E-state index contributed by atoms with van der Waals surface area (Å²) in [6, 6.07) is 5.15. The van der Waals surface area contributed by atoms with E-state index in [1.165, 1.54) is 18.5 Å². The molecule has 1 aromatic carbocycles. The summed E-state index contributed by atoms with van der Waals surface area (Å²) in [7, 11) is 0. The molecule has 8 nitrogen and oxygen atoms in total. The first kappa shape index (κ1) is 26.8. The fourth-order valence-corrected chi connectivity index (χ4v) is 5.75. The van der Waals surface area contributed by atoms with Crippen molar-refractivity contribution in [2.45, 2.75) is 56.3 Å². The minimum atomic E-state index is -4.43. The zero-order valence-electron chi connectivity index (χ0n) is 21.5. The Bertz CT molecular complexity index is 1120. The van der Waals surface area contributed by atoms with Gasteiger partial charge in [0.05, 0.1) is 23.3 Å². The molecular formula is C27H34F3N5O3. The lowest BCUT2D eigenvalue weighted by Crippen LogP contribution is -2.52. The van der Waals surface area contributed by atoms with Gasteiger partial charge in [-0.25, -0.2) is 9.97 Å². The van der Waals surface area contributed by atoms with Crippen molar-refractivity contribution >= 4 is 11.7 Å². The van der Waals surface area contributed by atoms with Crippen LogP contribution < -0.4 is 10.2 Å². The molecule has 2 unspecified atom stereocenters. The van der Waals surface area contributed by atoms with Crippen molar-refractivity contribution in [2.75, 3.05) is 50.8 Å². The van der Waals surface area contributed by atoms with Crippen molar-refractivity contribution in [3.8, 4) is 0 Å². The highest BCUT2D eigenvalue weighted by atomic mass is 19.4. The molecule has 2 aromatic rings. The average molecular weight is 534 g/mol. The third kappa shape index (κ3) is 5.64. The number of amides is 1. The fourth-order valence-electron chi connectivity index (χ4n) is 5.75. The molecule has 11 heteroatoms.